The average molecular weight is 492 g/mol. The van der Waals surface area contributed by atoms with Gasteiger partial charge in [0, 0.05) is 17.3 Å². The van der Waals surface area contributed by atoms with Crippen LogP contribution in [-0.2, 0) is 19.6 Å². The Morgan fingerprint density at radius 2 is 1.75 bits per heavy atom. The lowest BCUT2D eigenvalue weighted by molar-refractivity contribution is -0.165. The van der Waals surface area contributed by atoms with Crippen molar-refractivity contribution in [1.29, 1.82) is 0 Å². The molecule has 2 aliphatic heterocycles. The largest absolute Gasteiger partial charge is 0.459 e. The maximum Gasteiger partial charge on any atom is 0.319 e. The Morgan fingerprint density at radius 1 is 1.12 bits per heavy atom. The lowest BCUT2D eigenvalue weighted by Crippen LogP contribution is -2.44. The predicted octanol–water partition coefficient (Wildman–Crippen LogP) is 5.35. The zero-order chi connectivity index (χ0) is 23.3. The van der Waals surface area contributed by atoms with Crippen molar-refractivity contribution in [2.45, 2.75) is 44.2 Å². The van der Waals surface area contributed by atoms with Crippen molar-refractivity contribution >= 4 is 39.4 Å². The molecule has 0 bridgehead atoms. The molecule has 0 saturated carbocycles. The van der Waals surface area contributed by atoms with E-state index in [-0.39, 0.29) is 11.4 Å². The van der Waals surface area contributed by atoms with Gasteiger partial charge < -0.3 is 4.74 Å². The van der Waals surface area contributed by atoms with E-state index < -0.39 is 33.1 Å². The number of hydrogen-bond donors (Lipinski definition) is 0. The molecule has 2 aliphatic rings. The van der Waals surface area contributed by atoms with Gasteiger partial charge in [-0.1, -0.05) is 41.4 Å². The van der Waals surface area contributed by atoms with Gasteiger partial charge in [0.05, 0.1) is 10.9 Å². The second-order valence-electron chi connectivity index (χ2n) is 9.24. The fraction of sp³-hybridized carbons (Fsp3) is 0.375. The smallest absolute Gasteiger partial charge is 0.319 e. The van der Waals surface area contributed by atoms with Crippen LogP contribution in [0.3, 0.4) is 0 Å². The highest BCUT2D eigenvalue weighted by atomic mass is 35.5. The summed E-state index contributed by atoms with van der Waals surface area (Å²) in [5.41, 5.74) is 0.664. The first kappa shape index (κ1) is 23.4. The first-order valence-electron chi connectivity index (χ1n) is 10.3. The molecule has 0 unspecified atom stereocenters. The molecular weight excluding hydrogens is 466 g/mol. The summed E-state index contributed by atoms with van der Waals surface area (Å²) in [6.07, 6.45) is 0. The van der Waals surface area contributed by atoms with Crippen LogP contribution in [0.2, 0.25) is 5.02 Å². The van der Waals surface area contributed by atoms with Gasteiger partial charge in [0.1, 0.15) is 11.0 Å². The molecule has 5 nitrogen and oxygen atoms in total. The zero-order valence-electron chi connectivity index (χ0n) is 18.5. The molecule has 32 heavy (non-hydrogen) atoms. The van der Waals surface area contributed by atoms with Gasteiger partial charge in [0.15, 0.2) is 0 Å². The van der Waals surface area contributed by atoms with Crippen LogP contribution in [0.5, 0.6) is 0 Å². The van der Waals surface area contributed by atoms with Crippen molar-refractivity contribution in [1.82, 2.24) is 4.31 Å². The Labute approximate surface area is 198 Å². The van der Waals surface area contributed by atoms with Crippen LogP contribution >= 0.6 is 23.4 Å². The van der Waals surface area contributed by atoms with Crippen molar-refractivity contribution in [2.24, 2.45) is 5.41 Å². The van der Waals surface area contributed by atoms with E-state index in [1.807, 2.05) is 33.1 Å². The van der Waals surface area contributed by atoms with Gasteiger partial charge in [0.2, 0.25) is 10.0 Å². The number of esters is 1. The molecule has 0 amide bonds. The number of hydrogen-bond acceptors (Lipinski definition) is 5. The number of nitrogens with zero attached hydrogens (tertiary/aromatic N) is 1. The molecule has 0 spiro atoms. The van der Waals surface area contributed by atoms with Gasteiger partial charge >= 0.3 is 5.97 Å². The summed E-state index contributed by atoms with van der Waals surface area (Å²) >= 11 is 7.63. The SMILES string of the molecule is Cc1ccc(S(=O)(=O)N2CC3=CSC[C@]3(C(=O)OC(C)(C)C)[C@@H]2c2ccc(Cl)cc2)cc1. The van der Waals surface area contributed by atoms with Gasteiger partial charge in [-0.05, 0) is 68.5 Å². The summed E-state index contributed by atoms with van der Waals surface area (Å²) in [5, 5.41) is 2.46. The molecule has 4 rings (SSSR count). The number of thioether (sulfide) groups is 1. The van der Waals surface area contributed by atoms with Crippen LogP contribution in [0.25, 0.3) is 0 Å². The summed E-state index contributed by atoms with van der Waals surface area (Å²) in [6, 6.07) is 13.1. The summed E-state index contributed by atoms with van der Waals surface area (Å²) in [6.45, 7) is 7.50. The molecular formula is C24H26ClNO4S2. The molecule has 1 saturated heterocycles. The number of carbonyl (C=O) groups excluding carboxylic acids is 1. The third kappa shape index (κ3) is 4.00. The molecule has 0 aliphatic carbocycles. The first-order chi connectivity index (χ1) is 14.9. The Balaban J connectivity index is 1.88. The Kier molecular flexibility index (Phi) is 5.99. The lowest BCUT2D eigenvalue weighted by atomic mass is 9.76. The van der Waals surface area contributed by atoms with E-state index in [4.69, 9.17) is 16.3 Å². The van der Waals surface area contributed by atoms with E-state index in [0.29, 0.717) is 16.3 Å². The molecule has 2 heterocycles. The Bertz CT molecular complexity index is 1170. The Hall–Kier alpha value is -1.80. The van der Waals surface area contributed by atoms with Crippen LogP contribution in [0.1, 0.15) is 37.9 Å². The van der Waals surface area contributed by atoms with Crippen LogP contribution in [-0.4, -0.2) is 36.6 Å². The highest BCUT2D eigenvalue weighted by molar-refractivity contribution is 8.02. The van der Waals surface area contributed by atoms with Crippen LogP contribution in [0.4, 0.5) is 0 Å². The van der Waals surface area contributed by atoms with E-state index in [1.165, 1.54) is 16.1 Å². The van der Waals surface area contributed by atoms with E-state index >= 15 is 0 Å². The normalized spacial score (nSPS) is 23.7. The third-order valence-corrected chi connectivity index (χ3v) is 8.92. The fourth-order valence-electron chi connectivity index (χ4n) is 4.25. The van der Waals surface area contributed by atoms with E-state index in [1.54, 1.807) is 48.5 Å². The fourth-order valence-corrected chi connectivity index (χ4v) is 7.30. The standard InChI is InChI=1S/C24H26ClNO4S2/c1-16-5-11-20(12-6-16)32(28,29)26-13-18-14-31-15-24(18,22(27)30-23(2,3)4)21(26)17-7-9-19(25)10-8-17/h5-12,14,21H,13,15H2,1-4H3/t21-,24+/m0/s1. The Morgan fingerprint density at radius 3 is 2.34 bits per heavy atom. The molecule has 2 aromatic carbocycles. The number of sulfonamides is 1. The molecule has 0 aromatic heterocycles. The van der Waals surface area contributed by atoms with Gasteiger partial charge in [0.25, 0.3) is 0 Å². The van der Waals surface area contributed by atoms with Crippen molar-refractivity contribution in [2.75, 3.05) is 12.3 Å². The van der Waals surface area contributed by atoms with Crippen molar-refractivity contribution in [3.05, 3.63) is 75.7 Å². The van der Waals surface area contributed by atoms with Gasteiger partial charge in [-0.2, -0.15) is 4.31 Å². The highest BCUT2D eigenvalue weighted by Gasteiger charge is 2.62. The molecule has 2 atom stereocenters. The second kappa shape index (κ2) is 8.20. The number of carbonyl (C=O) groups is 1. The number of halogens is 1. The number of benzene rings is 2. The lowest BCUT2D eigenvalue weighted by Gasteiger charge is -2.36. The van der Waals surface area contributed by atoms with Crippen molar-refractivity contribution in [3.63, 3.8) is 0 Å². The minimum Gasteiger partial charge on any atom is -0.459 e. The summed E-state index contributed by atoms with van der Waals surface area (Å²) in [5.74, 6) is 0.0209. The van der Waals surface area contributed by atoms with E-state index in [9.17, 15) is 13.2 Å². The van der Waals surface area contributed by atoms with Gasteiger partial charge in [-0.3, -0.25) is 4.79 Å². The zero-order valence-corrected chi connectivity index (χ0v) is 20.9. The number of ether oxygens (including phenoxy) is 1. The molecule has 2 aromatic rings. The van der Waals surface area contributed by atoms with Crippen molar-refractivity contribution < 1.29 is 17.9 Å². The molecule has 8 heteroatoms. The van der Waals surface area contributed by atoms with Crippen LogP contribution in [0.15, 0.2) is 64.4 Å². The minimum absolute atomic E-state index is 0.135. The third-order valence-electron chi connectivity index (χ3n) is 5.77. The predicted molar refractivity (Wildman–Crippen MR) is 128 cm³/mol. The van der Waals surface area contributed by atoms with E-state index in [2.05, 4.69) is 0 Å². The van der Waals surface area contributed by atoms with Crippen molar-refractivity contribution in [3.8, 4) is 0 Å². The quantitative estimate of drug-likeness (QED) is 0.539. The molecule has 170 valence electrons. The molecule has 0 radical (unpaired) electrons. The number of aryl methyl sites for hydroxylation is 1. The topological polar surface area (TPSA) is 63.7 Å². The van der Waals surface area contributed by atoms with Crippen LogP contribution in [0, 0.1) is 12.3 Å². The van der Waals surface area contributed by atoms with E-state index in [0.717, 1.165) is 11.1 Å². The number of fused-ring (bicyclic) bond motifs is 1. The highest BCUT2D eigenvalue weighted by Crippen LogP contribution is 2.58. The van der Waals surface area contributed by atoms with Crippen LogP contribution < -0.4 is 0 Å². The molecule has 1 fully saturated rings. The maximum absolute atomic E-state index is 13.8. The first-order valence-corrected chi connectivity index (χ1v) is 13.2. The van der Waals surface area contributed by atoms with Gasteiger partial charge in [-0.15, -0.1) is 11.8 Å². The second-order valence-corrected chi connectivity index (χ2v) is 12.4. The molecule has 0 N–H and O–H groups in total. The minimum atomic E-state index is -3.88. The monoisotopic (exact) mass is 491 g/mol. The number of rotatable bonds is 4. The summed E-state index contributed by atoms with van der Waals surface area (Å²) in [4.78, 5) is 13.8. The summed E-state index contributed by atoms with van der Waals surface area (Å²) in [7, 11) is -3.88. The van der Waals surface area contributed by atoms with Gasteiger partial charge in [-0.25, -0.2) is 8.42 Å². The summed E-state index contributed by atoms with van der Waals surface area (Å²) < 4.78 is 34.9. The average Bonchev–Trinajstić information content (AvgIpc) is 3.26. The maximum atomic E-state index is 13.8.